The quantitative estimate of drug-likeness (QED) is 0.873. The lowest BCUT2D eigenvalue weighted by molar-refractivity contribution is -0.122. The van der Waals surface area contributed by atoms with Gasteiger partial charge in [0.05, 0.1) is 5.54 Å². The van der Waals surface area contributed by atoms with Crippen LogP contribution in [-0.2, 0) is 23.2 Å². The van der Waals surface area contributed by atoms with E-state index in [-0.39, 0.29) is 5.91 Å². The topological polar surface area (TPSA) is 93.8 Å². The van der Waals surface area contributed by atoms with Crippen molar-refractivity contribution in [2.45, 2.75) is 52.5 Å². The van der Waals surface area contributed by atoms with Gasteiger partial charge in [-0.3, -0.25) is 4.79 Å². The highest BCUT2D eigenvalue weighted by atomic mass is 16.5. The van der Waals surface area contributed by atoms with Crippen LogP contribution < -0.4 is 5.32 Å². The lowest BCUT2D eigenvalue weighted by Gasteiger charge is -2.22. The monoisotopic (exact) mass is 303 g/mol. The van der Waals surface area contributed by atoms with Crippen molar-refractivity contribution in [1.29, 1.82) is 0 Å². The van der Waals surface area contributed by atoms with Crippen molar-refractivity contribution in [2.75, 3.05) is 0 Å². The average molecular weight is 303 g/mol. The van der Waals surface area contributed by atoms with Crippen molar-refractivity contribution in [2.24, 2.45) is 0 Å². The molecule has 0 aliphatic rings. The molecule has 0 saturated carbocycles. The molecule has 2 aromatic heterocycles. The number of nitrogens with one attached hydrogen (secondary N) is 1. The van der Waals surface area contributed by atoms with Crippen molar-refractivity contribution >= 4 is 5.91 Å². The number of hydrogen-bond donors (Lipinski definition) is 1. The van der Waals surface area contributed by atoms with E-state index >= 15 is 0 Å². The van der Waals surface area contributed by atoms with Crippen LogP contribution in [0.5, 0.6) is 0 Å². The molecule has 2 aromatic rings. The summed E-state index contributed by atoms with van der Waals surface area (Å²) in [6.45, 7) is 7.47. The van der Waals surface area contributed by atoms with Gasteiger partial charge in [-0.15, -0.1) is 0 Å². The Kier molecular flexibility index (Phi) is 4.85. The maximum atomic E-state index is 12.1. The first-order valence-electron chi connectivity index (χ1n) is 7.33. The van der Waals surface area contributed by atoms with Crippen LogP contribution in [0.4, 0.5) is 0 Å². The molecular formula is C15H21N5O2. The third kappa shape index (κ3) is 4.09. The first kappa shape index (κ1) is 16.1. The van der Waals surface area contributed by atoms with Gasteiger partial charge < -0.3 is 9.84 Å². The smallest absolute Gasteiger partial charge is 0.226 e. The molecule has 0 bridgehead atoms. The van der Waals surface area contributed by atoms with Crippen LogP contribution in [0.15, 0.2) is 16.8 Å². The number of carbonyl (C=O) groups excluding carboxylic acids is 1. The third-order valence-electron chi connectivity index (χ3n) is 3.22. The van der Waals surface area contributed by atoms with E-state index < -0.39 is 5.54 Å². The standard InChI is InChI=1S/C15H21N5O2/c1-5-13-18-14(20-22-13)15(3,4)19-12(21)7-6-11-8-9-16-10(2)17-11/h8-9H,5-7H2,1-4H3,(H,19,21). The average Bonchev–Trinajstić information content (AvgIpc) is 2.95. The molecule has 0 aliphatic carbocycles. The van der Waals surface area contributed by atoms with Crippen LogP contribution in [0.1, 0.15) is 50.4 Å². The van der Waals surface area contributed by atoms with Gasteiger partial charge in [0, 0.05) is 24.7 Å². The van der Waals surface area contributed by atoms with E-state index in [4.69, 9.17) is 4.52 Å². The molecule has 0 unspecified atom stereocenters. The zero-order chi connectivity index (χ0) is 16.2. The maximum Gasteiger partial charge on any atom is 0.226 e. The van der Waals surface area contributed by atoms with Crippen LogP contribution >= 0.6 is 0 Å². The fourth-order valence-corrected chi connectivity index (χ4v) is 2.01. The van der Waals surface area contributed by atoms with Crippen molar-refractivity contribution in [1.82, 2.24) is 25.4 Å². The van der Waals surface area contributed by atoms with Crippen molar-refractivity contribution < 1.29 is 9.32 Å². The predicted molar refractivity (Wildman–Crippen MR) is 79.9 cm³/mol. The Morgan fingerprint density at radius 3 is 2.77 bits per heavy atom. The summed E-state index contributed by atoms with van der Waals surface area (Å²) < 4.78 is 5.09. The minimum absolute atomic E-state index is 0.0795. The summed E-state index contributed by atoms with van der Waals surface area (Å²) in [5.74, 6) is 1.67. The summed E-state index contributed by atoms with van der Waals surface area (Å²) >= 11 is 0. The maximum absolute atomic E-state index is 12.1. The number of amides is 1. The molecule has 7 heteroatoms. The largest absolute Gasteiger partial charge is 0.344 e. The predicted octanol–water partition coefficient (Wildman–Crippen LogP) is 1.71. The summed E-state index contributed by atoms with van der Waals surface area (Å²) in [4.78, 5) is 24.7. The second-order valence-corrected chi connectivity index (χ2v) is 5.63. The molecule has 0 atom stereocenters. The normalized spacial score (nSPS) is 11.5. The second kappa shape index (κ2) is 6.64. The lowest BCUT2D eigenvalue weighted by Crippen LogP contribution is -2.42. The summed E-state index contributed by atoms with van der Waals surface area (Å²) in [6.07, 6.45) is 3.28. The summed E-state index contributed by atoms with van der Waals surface area (Å²) in [5.41, 5.74) is 0.184. The molecule has 2 heterocycles. The van der Waals surface area contributed by atoms with Crippen LogP contribution in [0.2, 0.25) is 0 Å². The van der Waals surface area contributed by atoms with E-state index in [1.165, 1.54) is 0 Å². The summed E-state index contributed by atoms with van der Waals surface area (Å²) in [5, 5.41) is 6.85. The number of carbonyl (C=O) groups is 1. The highest BCUT2D eigenvalue weighted by Gasteiger charge is 2.28. The molecule has 2 rings (SSSR count). The molecule has 0 saturated heterocycles. The van der Waals surface area contributed by atoms with Gasteiger partial charge in [-0.1, -0.05) is 12.1 Å². The van der Waals surface area contributed by atoms with Gasteiger partial charge in [0.15, 0.2) is 5.82 Å². The Morgan fingerprint density at radius 1 is 1.36 bits per heavy atom. The Labute approximate surface area is 129 Å². The van der Waals surface area contributed by atoms with Gasteiger partial charge in [0.25, 0.3) is 0 Å². The van der Waals surface area contributed by atoms with Crippen LogP contribution in [0.25, 0.3) is 0 Å². The van der Waals surface area contributed by atoms with Crippen LogP contribution in [-0.4, -0.2) is 26.0 Å². The number of hydrogen-bond acceptors (Lipinski definition) is 6. The first-order chi connectivity index (χ1) is 10.4. The highest BCUT2D eigenvalue weighted by molar-refractivity contribution is 5.77. The Bertz CT molecular complexity index is 651. The van der Waals surface area contributed by atoms with Crippen molar-refractivity contribution in [3.8, 4) is 0 Å². The minimum Gasteiger partial charge on any atom is -0.344 e. The highest BCUT2D eigenvalue weighted by Crippen LogP contribution is 2.17. The molecule has 0 aliphatic heterocycles. The Morgan fingerprint density at radius 2 is 2.14 bits per heavy atom. The molecule has 0 fully saturated rings. The van der Waals surface area contributed by atoms with E-state index in [9.17, 15) is 4.79 Å². The lowest BCUT2D eigenvalue weighted by atomic mass is 10.0. The SMILES string of the molecule is CCc1nc(C(C)(C)NC(=O)CCc2ccnc(C)n2)no1. The molecule has 0 aromatic carbocycles. The fourth-order valence-electron chi connectivity index (χ4n) is 2.01. The van der Waals surface area contributed by atoms with E-state index in [0.29, 0.717) is 36.8 Å². The Balaban J connectivity index is 1.93. The second-order valence-electron chi connectivity index (χ2n) is 5.63. The van der Waals surface area contributed by atoms with Gasteiger partial charge in [0.2, 0.25) is 11.8 Å². The van der Waals surface area contributed by atoms with Gasteiger partial charge >= 0.3 is 0 Å². The van der Waals surface area contributed by atoms with Gasteiger partial charge in [-0.2, -0.15) is 4.98 Å². The molecule has 118 valence electrons. The van der Waals surface area contributed by atoms with E-state index in [1.807, 2.05) is 33.8 Å². The van der Waals surface area contributed by atoms with Crippen molar-refractivity contribution in [3.63, 3.8) is 0 Å². The molecule has 0 spiro atoms. The fraction of sp³-hybridized carbons (Fsp3) is 0.533. The summed E-state index contributed by atoms with van der Waals surface area (Å²) in [6, 6.07) is 1.82. The zero-order valence-electron chi connectivity index (χ0n) is 13.4. The van der Waals surface area contributed by atoms with Crippen LogP contribution in [0, 0.1) is 6.92 Å². The van der Waals surface area contributed by atoms with Gasteiger partial charge in [-0.05, 0) is 33.3 Å². The number of aryl methyl sites for hydroxylation is 3. The molecule has 1 N–H and O–H groups in total. The number of aromatic nitrogens is 4. The van der Waals surface area contributed by atoms with Gasteiger partial charge in [0.1, 0.15) is 5.82 Å². The zero-order valence-corrected chi connectivity index (χ0v) is 13.4. The number of nitrogens with zero attached hydrogens (tertiary/aromatic N) is 4. The molecule has 7 nitrogen and oxygen atoms in total. The third-order valence-corrected chi connectivity index (χ3v) is 3.22. The first-order valence-corrected chi connectivity index (χ1v) is 7.33. The molecule has 0 radical (unpaired) electrons. The number of rotatable bonds is 6. The van der Waals surface area contributed by atoms with E-state index in [2.05, 4.69) is 25.4 Å². The van der Waals surface area contributed by atoms with Crippen molar-refractivity contribution in [3.05, 3.63) is 35.5 Å². The summed E-state index contributed by atoms with van der Waals surface area (Å²) in [7, 11) is 0. The molecular weight excluding hydrogens is 282 g/mol. The van der Waals surface area contributed by atoms with E-state index in [1.54, 1.807) is 6.20 Å². The Hall–Kier alpha value is -2.31. The van der Waals surface area contributed by atoms with Crippen LogP contribution in [0.3, 0.4) is 0 Å². The van der Waals surface area contributed by atoms with E-state index in [0.717, 1.165) is 5.69 Å². The molecule has 1 amide bonds. The molecule has 22 heavy (non-hydrogen) atoms. The minimum atomic E-state index is -0.671. The van der Waals surface area contributed by atoms with Gasteiger partial charge in [-0.25, -0.2) is 9.97 Å².